The second kappa shape index (κ2) is 5.94. The van der Waals surface area contributed by atoms with Crippen molar-refractivity contribution in [3.05, 3.63) is 35.4 Å². The van der Waals surface area contributed by atoms with Gasteiger partial charge in [-0.15, -0.1) is 0 Å². The number of hydrogen-bond acceptors (Lipinski definition) is 3. The van der Waals surface area contributed by atoms with Gasteiger partial charge in [-0.25, -0.2) is 8.78 Å². The fraction of sp³-hybridized carbons (Fsp3) is 0.571. The van der Waals surface area contributed by atoms with Gasteiger partial charge >= 0.3 is 0 Å². The first kappa shape index (κ1) is 14.4. The lowest BCUT2D eigenvalue weighted by molar-refractivity contribution is 0.0183. The highest BCUT2D eigenvalue weighted by atomic mass is 19.1. The summed E-state index contributed by atoms with van der Waals surface area (Å²) in [7, 11) is 0. The minimum Gasteiger partial charge on any atom is -0.387 e. The molecule has 0 amide bonds. The molecule has 0 radical (unpaired) electrons. The largest absolute Gasteiger partial charge is 0.387 e. The quantitative estimate of drug-likeness (QED) is 0.862. The summed E-state index contributed by atoms with van der Waals surface area (Å²) in [6.07, 6.45) is 0.763. The van der Waals surface area contributed by atoms with E-state index in [0.717, 1.165) is 31.6 Å². The van der Waals surface area contributed by atoms with Crippen molar-refractivity contribution in [3.8, 4) is 0 Å². The molecule has 1 heterocycles. The second-order valence-electron chi connectivity index (χ2n) is 5.18. The molecule has 1 saturated heterocycles. The van der Waals surface area contributed by atoms with E-state index >= 15 is 0 Å². The van der Waals surface area contributed by atoms with Gasteiger partial charge in [0.05, 0.1) is 17.3 Å². The Kier molecular flexibility index (Phi) is 4.50. The van der Waals surface area contributed by atoms with E-state index in [2.05, 4.69) is 5.32 Å². The van der Waals surface area contributed by atoms with E-state index in [-0.39, 0.29) is 17.7 Å². The van der Waals surface area contributed by atoms with Gasteiger partial charge in [-0.3, -0.25) is 0 Å². The average molecular weight is 271 g/mol. The summed E-state index contributed by atoms with van der Waals surface area (Å²) >= 11 is 0. The summed E-state index contributed by atoms with van der Waals surface area (Å²) in [5.74, 6) is -1.45. The summed E-state index contributed by atoms with van der Waals surface area (Å²) in [5.41, 5.74) is -0.527. The van der Waals surface area contributed by atoms with Crippen LogP contribution in [0.2, 0.25) is 0 Å². The van der Waals surface area contributed by atoms with Crippen molar-refractivity contribution < 1.29 is 18.6 Å². The zero-order valence-corrected chi connectivity index (χ0v) is 11.0. The maximum Gasteiger partial charge on any atom is 0.131 e. The van der Waals surface area contributed by atoms with E-state index in [1.807, 2.05) is 6.92 Å². The SMILES string of the molecule is CC1(CNCC(O)c2c(F)cccc2F)CCCO1. The molecule has 2 N–H and O–H groups in total. The van der Waals surface area contributed by atoms with E-state index in [4.69, 9.17) is 4.74 Å². The van der Waals surface area contributed by atoms with Gasteiger partial charge in [0.25, 0.3) is 0 Å². The highest BCUT2D eigenvalue weighted by molar-refractivity contribution is 5.22. The molecule has 0 aromatic heterocycles. The van der Waals surface area contributed by atoms with E-state index < -0.39 is 17.7 Å². The first-order chi connectivity index (χ1) is 9.02. The fourth-order valence-electron chi connectivity index (χ4n) is 2.38. The van der Waals surface area contributed by atoms with Crippen molar-refractivity contribution >= 4 is 0 Å². The van der Waals surface area contributed by atoms with Crippen LogP contribution in [-0.2, 0) is 4.74 Å². The topological polar surface area (TPSA) is 41.5 Å². The Morgan fingerprint density at radius 2 is 2.11 bits per heavy atom. The Morgan fingerprint density at radius 1 is 1.42 bits per heavy atom. The van der Waals surface area contributed by atoms with Crippen LogP contribution >= 0.6 is 0 Å². The lowest BCUT2D eigenvalue weighted by Gasteiger charge is -2.24. The predicted octanol–water partition coefficient (Wildman–Crippen LogP) is 2.16. The van der Waals surface area contributed by atoms with E-state index in [0.29, 0.717) is 6.54 Å². The van der Waals surface area contributed by atoms with Crippen molar-refractivity contribution in [3.63, 3.8) is 0 Å². The highest BCUT2D eigenvalue weighted by Gasteiger charge is 2.29. The third-order valence-corrected chi connectivity index (χ3v) is 3.47. The van der Waals surface area contributed by atoms with Crippen molar-refractivity contribution in [2.24, 2.45) is 0 Å². The monoisotopic (exact) mass is 271 g/mol. The maximum absolute atomic E-state index is 13.5. The Bertz CT molecular complexity index is 413. The number of aliphatic hydroxyl groups excluding tert-OH is 1. The summed E-state index contributed by atoms with van der Waals surface area (Å²) in [6, 6.07) is 3.56. The number of rotatable bonds is 5. The van der Waals surface area contributed by atoms with Gasteiger partial charge in [0.2, 0.25) is 0 Å². The van der Waals surface area contributed by atoms with Crippen LogP contribution in [0.4, 0.5) is 8.78 Å². The molecule has 3 nitrogen and oxygen atoms in total. The van der Waals surface area contributed by atoms with Gasteiger partial charge in [0.1, 0.15) is 11.6 Å². The van der Waals surface area contributed by atoms with Crippen LogP contribution in [0.1, 0.15) is 31.4 Å². The van der Waals surface area contributed by atoms with Crippen LogP contribution < -0.4 is 5.32 Å². The van der Waals surface area contributed by atoms with E-state index in [9.17, 15) is 13.9 Å². The molecule has 1 aliphatic rings. The van der Waals surface area contributed by atoms with Crippen LogP contribution in [0, 0.1) is 11.6 Å². The Morgan fingerprint density at radius 3 is 2.68 bits per heavy atom. The van der Waals surface area contributed by atoms with Crippen LogP contribution in [-0.4, -0.2) is 30.4 Å². The van der Waals surface area contributed by atoms with Gasteiger partial charge in [-0.05, 0) is 31.9 Å². The molecule has 2 unspecified atom stereocenters. The normalized spacial score (nSPS) is 24.6. The van der Waals surface area contributed by atoms with E-state index in [1.165, 1.54) is 6.07 Å². The number of hydrogen-bond donors (Lipinski definition) is 2. The van der Waals surface area contributed by atoms with Crippen molar-refractivity contribution in [1.82, 2.24) is 5.32 Å². The smallest absolute Gasteiger partial charge is 0.131 e. The van der Waals surface area contributed by atoms with Crippen LogP contribution in [0.15, 0.2) is 18.2 Å². The number of ether oxygens (including phenoxy) is 1. The fourth-order valence-corrected chi connectivity index (χ4v) is 2.38. The van der Waals surface area contributed by atoms with Crippen molar-refractivity contribution in [2.75, 3.05) is 19.7 Å². The Labute approximate surface area is 111 Å². The Hall–Kier alpha value is -1.04. The zero-order valence-electron chi connectivity index (χ0n) is 11.0. The molecular formula is C14H19F2NO2. The van der Waals surface area contributed by atoms with Crippen LogP contribution in [0.25, 0.3) is 0 Å². The zero-order chi connectivity index (χ0) is 13.9. The van der Waals surface area contributed by atoms with Crippen molar-refractivity contribution in [1.29, 1.82) is 0 Å². The van der Waals surface area contributed by atoms with Crippen molar-refractivity contribution in [2.45, 2.75) is 31.5 Å². The molecule has 0 aliphatic carbocycles. The van der Waals surface area contributed by atoms with Gasteiger partial charge in [0, 0.05) is 19.7 Å². The lowest BCUT2D eigenvalue weighted by Crippen LogP contribution is -2.39. The average Bonchev–Trinajstić information content (AvgIpc) is 2.76. The number of nitrogens with one attached hydrogen (secondary N) is 1. The molecule has 2 atom stereocenters. The molecule has 1 aromatic rings. The Balaban J connectivity index is 1.89. The first-order valence-corrected chi connectivity index (χ1v) is 6.48. The highest BCUT2D eigenvalue weighted by Crippen LogP contribution is 2.24. The van der Waals surface area contributed by atoms with Gasteiger partial charge in [-0.2, -0.15) is 0 Å². The second-order valence-corrected chi connectivity index (χ2v) is 5.18. The molecule has 2 rings (SSSR count). The molecule has 1 aliphatic heterocycles. The van der Waals surface area contributed by atoms with Crippen LogP contribution in [0.5, 0.6) is 0 Å². The van der Waals surface area contributed by atoms with Gasteiger partial charge in [0.15, 0.2) is 0 Å². The molecule has 0 spiro atoms. The van der Waals surface area contributed by atoms with Crippen LogP contribution in [0.3, 0.4) is 0 Å². The van der Waals surface area contributed by atoms with Gasteiger partial charge < -0.3 is 15.2 Å². The molecule has 0 bridgehead atoms. The summed E-state index contributed by atoms with van der Waals surface area (Å²) in [6.45, 7) is 3.38. The minimum atomic E-state index is -1.20. The summed E-state index contributed by atoms with van der Waals surface area (Å²) in [4.78, 5) is 0. The molecule has 19 heavy (non-hydrogen) atoms. The molecule has 1 aromatic carbocycles. The standard InChI is InChI=1S/C14H19F2NO2/c1-14(6-3-7-19-14)9-17-8-12(18)13-10(15)4-2-5-11(13)16/h2,4-5,12,17-18H,3,6-9H2,1H3. The third kappa shape index (κ3) is 3.49. The molecular weight excluding hydrogens is 252 g/mol. The van der Waals surface area contributed by atoms with E-state index in [1.54, 1.807) is 0 Å². The molecule has 1 fully saturated rings. The maximum atomic E-state index is 13.5. The van der Waals surface area contributed by atoms with Gasteiger partial charge in [-0.1, -0.05) is 6.07 Å². The predicted molar refractivity (Wildman–Crippen MR) is 67.8 cm³/mol. The third-order valence-electron chi connectivity index (χ3n) is 3.47. The molecule has 0 saturated carbocycles. The lowest BCUT2D eigenvalue weighted by atomic mass is 10.0. The number of halogens is 2. The molecule has 106 valence electrons. The first-order valence-electron chi connectivity index (χ1n) is 6.48. The summed E-state index contributed by atoms with van der Waals surface area (Å²) < 4.78 is 32.5. The number of benzene rings is 1. The molecule has 5 heteroatoms. The number of aliphatic hydroxyl groups is 1. The summed E-state index contributed by atoms with van der Waals surface area (Å²) in [5, 5.41) is 12.9. The minimum absolute atomic E-state index is 0.0941.